The zero-order valence-electron chi connectivity index (χ0n) is 16.0. The summed E-state index contributed by atoms with van der Waals surface area (Å²) in [6.45, 7) is 1.87. The van der Waals surface area contributed by atoms with E-state index in [-0.39, 0.29) is 28.3 Å². The first-order chi connectivity index (χ1) is 14.6. The van der Waals surface area contributed by atoms with Gasteiger partial charge in [-0.1, -0.05) is 36.7 Å². The number of benzene rings is 1. The Hall–Kier alpha value is -2.70. The number of halogens is 4. The van der Waals surface area contributed by atoms with Crippen molar-refractivity contribution >= 4 is 38.7 Å². The van der Waals surface area contributed by atoms with Crippen molar-refractivity contribution in [2.45, 2.75) is 25.6 Å². The van der Waals surface area contributed by atoms with Gasteiger partial charge in [0.1, 0.15) is 5.15 Å². The largest absolute Gasteiger partial charge is 0.457 e. The highest BCUT2D eigenvalue weighted by Gasteiger charge is 2.44. The molecule has 0 aliphatic rings. The summed E-state index contributed by atoms with van der Waals surface area (Å²) < 4.78 is 75.3. The molecule has 0 spiro atoms. The predicted octanol–water partition coefficient (Wildman–Crippen LogP) is 4.02. The van der Waals surface area contributed by atoms with Gasteiger partial charge in [-0.05, 0) is 24.6 Å². The van der Waals surface area contributed by atoms with Crippen molar-refractivity contribution in [3.8, 4) is 5.88 Å². The molecule has 0 saturated carbocycles. The SMILES string of the molecule is CCCNS(=O)(=O)Nc1nc2ccccc2nc1OC(c1ccc(Cl)nc1)C(F)(F)F. The maximum Gasteiger partial charge on any atom is 0.429 e. The van der Waals surface area contributed by atoms with E-state index in [2.05, 4.69) is 24.4 Å². The number of hydrogen-bond donors (Lipinski definition) is 2. The second kappa shape index (κ2) is 9.20. The van der Waals surface area contributed by atoms with E-state index >= 15 is 0 Å². The van der Waals surface area contributed by atoms with E-state index in [9.17, 15) is 21.6 Å². The van der Waals surface area contributed by atoms with Crippen LogP contribution in [0.3, 0.4) is 0 Å². The average Bonchev–Trinajstić information content (AvgIpc) is 2.70. The molecule has 1 atom stereocenters. The molecule has 0 radical (unpaired) electrons. The summed E-state index contributed by atoms with van der Waals surface area (Å²) in [7, 11) is -4.12. The third-order valence-corrected chi connectivity index (χ3v) is 5.16. The van der Waals surface area contributed by atoms with E-state index in [1.165, 1.54) is 18.2 Å². The minimum absolute atomic E-state index is 0.00520. The van der Waals surface area contributed by atoms with Crippen LogP contribution in [-0.4, -0.2) is 36.1 Å². The molecule has 13 heteroatoms. The molecule has 0 amide bonds. The number of fused-ring (bicyclic) bond motifs is 1. The summed E-state index contributed by atoms with van der Waals surface area (Å²) in [5.74, 6) is -1.13. The molecule has 31 heavy (non-hydrogen) atoms. The van der Waals surface area contributed by atoms with E-state index in [4.69, 9.17) is 16.3 Å². The first-order valence-electron chi connectivity index (χ1n) is 8.98. The van der Waals surface area contributed by atoms with Gasteiger partial charge in [0.25, 0.3) is 16.1 Å². The fourth-order valence-electron chi connectivity index (χ4n) is 2.51. The summed E-state index contributed by atoms with van der Waals surface area (Å²) in [6.07, 6.45) is -5.92. The maximum atomic E-state index is 13.8. The number of rotatable bonds is 8. The number of para-hydroxylation sites is 2. The Balaban J connectivity index is 2.06. The minimum atomic E-state index is -4.86. The highest BCUT2D eigenvalue weighted by Crippen LogP contribution is 2.38. The van der Waals surface area contributed by atoms with Crippen molar-refractivity contribution in [1.82, 2.24) is 19.7 Å². The molecule has 3 aromatic rings. The quantitative estimate of drug-likeness (QED) is 0.477. The van der Waals surface area contributed by atoms with Gasteiger partial charge >= 0.3 is 6.18 Å². The van der Waals surface area contributed by atoms with Gasteiger partial charge in [0.2, 0.25) is 11.9 Å². The molecule has 166 valence electrons. The molecule has 0 aliphatic carbocycles. The van der Waals surface area contributed by atoms with E-state index in [0.717, 1.165) is 12.3 Å². The monoisotopic (exact) mass is 475 g/mol. The summed E-state index contributed by atoms with van der Waals surface area (Å²) >= 11 is 5.66. The Morgan fingerprint density at radius 1 is 1.13 bits per heavy atom. The number of nitrogens with zero attached hydrogens (tertiary/aromatic N) is 3. The molecular weight excluding hydrogens is 459 g/mol. The van der Waals surface area contributed by atoms with Crippen LogP contribution in [0, 0.1) is 0 Å². The normalized spacial score (nSPS) is 13.2. The van der Waals surface area contributed by atoms with Crippen molar-refractivity contribution < 1.29 is 26.3 Å². The molecule has 0 fully saturated rings. The molecular formula is C18H17ClF3N5O3S. The second-order valence-electron chi connectivity index (χ2n) is 6.32. The molecule has 1 unspecified atom stereocenters. The zero-order chi connectivity index (χ0) is 22.6. The topological polar surface area (TPSA) is 106 Å². The van der Waals surface area contributed by atoms with Crippen LogP contribution in [-0.2, 0) is 10.2 Å². The Bertz CT molecular complexity index is 1160. The molecule has 2 aromatic heterocycles. The van der Waals surface area contributed by atoms with Gasteiger partial charge in [0, 0.05) is 18.3 Å². The number of pyridine rings is 1. The third kappa shape index (κ3) is 5.93. The summed E-state index contributed by atoms with van der Waals surface area (Å²) in [4.78, 5) is 11.8. The summed E-state index contributed by atoms with van der Waals surface area (Å²) in [6, 6.07) is 8.57. The van der Waals surface area contributed by atoms with Crippen LogP contribution in [0.2, 0.25) is 5.15 Å². The van der Waals surface area contributed by atoms with Crippen LogP contribution in [0.5, 0.6) is 5.88 Å². The van der Waals surface area contributed by atoms with Crippen LogP contribution in [0.15, 0.2) is 42.6 Å². The van der Waals surface area contributed by atoms with E-state index < -0.39 is 34.2 Å². The standard InChI is InChI=1S/C18H17ClF3N5O3S/c1-2-9-24-31(28,29)27-16-17(26-13-6-4-3-5-12(13)25-16)30-15(18(20,21)22)11-7-8-14(19)23-10-11/h3-8,10,15,24H,2,9H2,1H3,(H,25,27). The number of ether oxygens (including phenoxy) is 1. The number of anilines is 1. The van der Waals surface area contributed by atoms with Crippen molar-refractivity contribution in [2.75, 3.05) is 11.3 Å². The summed E-state index contributed by atoms with van der Waals surface area (Å²) in [5, 5.41) is 0.00520. The zero-order valence-corrected chi connectivity index (χ0v) is 17.6. The van der Waals surface area contributed by atoms with Gasteiger partial charge in [-0.25, -0.2) is 15.0 Å². The maximum absolute atomic E-state index is 13.8. The molecule has 0 bridgehead atoms. The van der Waals surface area contributed by atoms with Crippen molar-refractivity contribution in [1.29, 1.82) is 0 Å². The summed E-state index contributed by atoms with van der Waals surface area (Å²) in [5.41, 5.74) is 0.140. The number of alkyl halides is 3. The smallest absolute Gasteiger partial charge is 0.429 e. The third-order valence-electron chi connectivity index (χ3n) is 3.89. The van der Waals surface area contributed by atoms with Crippen LogP contribution in [0.1, 0.15) is 25.0 Å². The molecule has 1 aromatic carbocycles. The second-order valence-corrected chi connectivity index (χ2v) is 8.21. The molecule has 0 aliphatic heterocycles. The van der Waals surface area contributed by atoms with Crippen molar-refractivity contribution in [3.63, 3.8) is 0 Å². The van der Waals surface area contributed by atoms with Crippen LogP contribution < -0.4 is 14.2 Å². The lowest BCUT2D eigenvalue weighted by Gasteiger charge is -2.22. The number of nitrogens with one attached hydrogen (secondary N) is 2. The lowest BCUT2D eigenvalue weighted by Crippen LogP contribution is -2.32. The Morgan fingerprint density at radius 2 is 1.81 bits per heavy atom. The first kappa shape index (κ1) is 23.0. The highest BCUT2D eigenvalue weighted by molar-refractivity contribution is 7.90. The van der Waals surface area contributed by atoms with E-state index in [1.54, 1.807) is 19.1 Å². The van der Waals surface area contributed by atoms with Gasteiger partial charge in [0.05, 0.1) is 11.0 Å². The Kier molecular flexibility index (Phi) is 6.82. The Morgan fingerprint density at radius 3 is 2.39 bits per heavy atom. The molecule has 2 N–H and O–H groups in total. The van der Waals surface area contributed by atoms with Crippen molar-refractivity contribution in [3.05, 3.63) is 53.3 Å². The highest BCUT2D eigenvalue weighted by atomic mass is 35.5. The van der Waals surface area contributed by atoms with Crippen molar-refractivity contribution in [2.24, 2.45) is 0 Å². The first-order valence-corrected chi connectivity index (χ1v) is 10.8. The fourth-order valence-corrected chi connectivity index (χ4v) is 3.55. The Labute approximate surface area is 181 Å². The lowest BCUT2D eigenvalue weighted by molar-refractivity contribution is -0.198. The van der Waals surface area contributed by atoms with Gasteiger partial charge in [0.15, 0.2) is 0 Å². The average molecular weight is 476 g/mol. The van der Waals surface area contributed by atoms with Crippen LogP contribution in [0.4, 0.5) is 19.0 Å². The van der Waals surface area contributed by atoms with Gasteiger partial charge in [-0.15, -0.1) is 0 Å². The van der Waals surface area contributed by atoms with Gasteiger partial charge in [-0.3, -0.25) is 4.72 Å². The lowest BCUT2D eigenvalue weighted by atomic mass is 10.1. The van der Waals surface area contributed by atoms with Crippen LogP contribution >= 0.6 is 11.6 Å². The number of hydrogen-bond acceptors (Lipinski definition) is 6. The fraction of sp³-hybridized carbons (Fsp3) is 0.278. The van der Waals surface area contributed by atoms with Crippen LogP contribution in [0.25, 0.3) is 11.0 Å². The minimum Gasteiger partial charge on any atom is -0.457 e. The molecule has 3 rings (SSSR count). The van der Waals surface area contributed by atoms with Gasteiger partial charge in [-0.2, -0.15) is 26.3 Å². The molecule has 2 heterocycles. The molecule has 0 saturated heterocycles. The molecule has 8 nitrogen and oxygen atoms in total. The van der Waals surface area contributed by atoms with E-state index in [0.29, 0.717) is 6.42 Å². The van der Waals surface area contributed by atoms with E-state index in [1.807, 2.05) is 0 Å². The number of aromatic nitrogens is 3. The predicted molar refractivity (Wildman–Crippen MR) is 109 cm³/mol. The van der Waals surface area contributed by atoms with Gasteiger partial charge < -0.3 is 4.74 Å².